The molecule has 3 aromatic carbocycles. The second-order valence-electron chi connectivity index (χ2n) is 6.86. The highest BCUT2D eigenvalue weighted by atomic mass is 16.3. The van der Waals surface area contributed by atoms with E-state index in [0.29, 0.717) is 17.1 Å². The molecule has 0 atom stereocenters. The number of hydrogen-bond acceptors (Lipinski definition) is 6. The number of hydrogen-bond donors (Lipinski definition) is 0. The molecule has 0 amide bonds. The summed E-state index contributed by atoms with van der Waals surface area (Å²) in [6, 6.07) is 22.1. The Kier molecular flexibility index (Phi) is 3.25. The number of rotatable bonds is 2. The highest BCUT2D eigenvalue weighted by Crippen LogP contribution is 2.38. The molecule has 6 rings (SSSR count). The SMILES string of the molecule is Cc1ccc(-c2nc3nnnnc3n2-c2ccccc2)c2oc3ccccc3c12. The lowest BCUT2D eigenvalue weighted by Gasteiger charge is -2.09. The lowest BCUT2D eigenvalue weighted by atomic mass is 10.0. The van der Waals surface area contributed by atoms with E-state index in [0.717, 1.165) is 38.8 Å². The number of para-hydroxylation sites is 2. The normalized spacial score (nSPS) is 11.6. The third kappa shape index (κ3) is 2.27. The summed E-state index contributed by atoms with van der Waals surface area (Å²) in [5.41, 5.74) is 5.55. The average molecular weight is 378 g/mol. The number of imidazole rings is 1. The first-order valence-electron chi connectivity index (χ1n) is 9.22. The van der Waals surface area contributed by atoms with Crippen molar-refractivity contribution in [2.45, 2.75) is 6.92 Å². The minimum absolute atomic E-state index is 0.434. The summed E-state index contributed by atoms with van der Waals surface area (Å²) in [5.74, 6) is 0.685. The fraction of sp³-hybridized carbons (Fsp3) is 0.0455. The first kappa shape index (κ1) is 15.9. The Morgan fingerprint density at radius 3 is 2.52 bits per heavy atom. The second-order valence-corrected chi connectivity index (χ2v) is 6.86. The van der Waals surface area contributed by atoms with E-state index in [4.69, 9.17) is 9.40 Å². The number of aryl methyl sites for hydroxylation is 1. The molecular formula is C22H14N6O. The predicted molar refractivity (Wildman–Crippen MR) is 110 cm³/mol. The van der Waals surface area contributed by atoms with E-state index in [-0.39, 0.29) is 0 Å². The van der Waals surface area contributed by atoms with Crippen molar-refractivity contribution in [1.29, 1.82) is 0 Å². The molecule has 3 aromatic heterocycles. The van der Waals surface area contributed by atoms with Crippen LogP contribution in [0, 0.1) is 6.92 Å². The van der Waals surface area contributed by atoms with Gasteiger partial charge >= 0.3 is 0 Å². The Bertz CT molecular complexity index is 1520. The number of fused-ring (bicyclic) bond motifs is 4. The predicted octanol–water partition coefficient (Wildman–Crippen LogP) is 4.48. The van der Waals surface area contributed by atoms with E-state index < -0.39 is 0 Å². The molecule has 138 valence electrons. The van der Waals surface area contributed by atoms with Gasteiger partial charge in [0.15, 0.2) is 5.82 Å². The quantitative estimate of drug-likeness (QED) is 0.442. The van der Waals surface area contributed by atoms with Gasteiger partial charge in [-0.25, -0.2) is 4.98 Å². The summed E-state index contributed by atoms with van der Waals surface area (Å²) in [4.78, 5) is 4.74. The third-order valence-electron chi connectivity index (χ3n) is 5.14. The number of benzene rings is 3. The molecule has 7 heteroatoms. The van der Waals surface area contributed by atoms with Gasteiger partial charge in [0.25, 0.3) is 0 Å². The second kappa shape index (κ2) is 5.93. The number of nitrogens with zero attached hydrogens (tertiary/aromatic N) is 6. The Hall–Kier alpha value is -4.13. The van der Waals surface area contributed by atoms with Gasteiger partial charge in [-0.1, -0.05) is 42.5 Å². The third-order valence-corrected chi connectivity index (χ3v) is 5.14. The summed E-state index contributed by atoms with van der Waals surface area (Å²) >= 11 is 0. The lowest BCUT2D eigenvalue weighted by molar-refractivity contribution is 0.669. The van der Waals surface area contributed by atoms with Crippen LogP contribution in [0.15, 0.2) is 71.1 Å². The molecule has 0 spiro atoms. The molecule has 0 aliphatic heterocycles. The maximum absolute atomic E-state index is 6.28. The molecule has 0 radical (unpaired) electrons. The van der Waals surface area contributed by atoms with Gasteiger partial charge in [-0.2, -0.15) is 0 Å². The van der Waals surface area contributed by atoms with Crippen molar-refractivity contribution in [1.82, 2.24) is 30.2 Å². The summed E-state index contributed by atoms with van der Waals surface area (Å²) in [7, 11) is 0. The van der Waals surface area contributed by atoms with Crippen LogP contribution in [-0.4, -0.2) is 30.2 Å². The van der Waals surface area contributed by atoms with E-state index in [9.17, 15) is 0 Å². The molecule has 0 N–H and O–H groups in total. The fourth-order valence-corrected chi connectivity index (χ4v) is 3.85. The monoisotopic (exact) mass is 378 g/mol. The van der Waals surface area contributed by atoms with Crippen molar-refractivity contribution < 1.29 is 4.42 Å². The molecular weight excluding hydrogens is 364 g/mol. The minimum Gasteiger partial charge on any atom is -0.455 e. The first-order chi connectivity index (χ1) is 14.3. The molecule has 6 aromatic rings. The lowest BCUT2D eigenvalue weighted by Crippen LogP contribution is -2.00. The van der Waals surface area contributed by atoms with E-state index in [1.807, 2.05) is 59.2 Å². The van der Waals surface area contributed by atoms with Crippen molar-refractivity contribution in [2.75, 3.05) is 0 Å². The van der Waals surface area contributed by atoms with E-state index >= 15 is 0 Å². The van der Waals surface area contributed by atoms with Gasteiger partial charge in [-0.15, -0.1) is 10.2 Å². The minimum atomic E-state index is 0.434. The maximum atomic E-state index is 6.28. The van der Waals surface area contributed by atoms with Crippen LogP contribution in [0.1, 0.15) is 5.56 Å². The zero-order valence-corrected chi connectivity index (χ0v) is 15.4. The Balaban J connectivity index is 1.76. The van der Waals surface area contributed by atoms with Crippen LogP contribution in [0.4, 0.5) is 0 Å². The van der Waals surface area contributed by atoms with Crippen LogP contribution < -0.4 is 0 Å². The average Bonchev–Trinajstić information content (AvgIpc) is 3.34. The highest BCUT2D eigenvalue weighted by Gasteiger charge is 2.22. The summed E-state index contributed by atoms with van der Waals surface area (Å²) in [6.07, 6.45) is 0. The van der Waals surface area contributed by atoms with Gasteiger partial charge in [0.2, 0.25) is 11.3 Å². The Morgan fingerprint density at radius 1 is 0.828 bits per heavy atom. The van der Waals surface area contributed by atoms with Crippen molar-refractivity contribution in [3.05, 3.63) is 72.3 Å². The van der Waals surface area contributed by atoms with Gasteiger partial charge in [-0.3, -0.25) is 4.57 Å². The van der Waals surface area contributed by atoms with Crippen LogP contribution in [0.3, 0.4) is 0 Å². The first-order valence-corrected chi connectivity index (χ1v) is 9.22. The van der Waals surface area contributed by atoms with Crippen LogP contribution in [0.2, 0.25) is 0 Å². The molecule has 3 heterocycles. The van der Waals surface area contributed by atoms with Gasteiger partial charge in [0.1, 0.15) is 11.2 Å². The highest BCUT2D eigenvalue weighted by molar-refractivity contribution is 6.11. The van der Waals surface area contributed by atoms with Crippen LogP contribution >= 0.6 is 0 Å². The molecule has 0 fully saturated rings. The molecule has 29 heavy (non-hydrogen) atoms. The van der Waals surface area contributed by atoms with Crippen LogP contribution in [-0.2, 0) is 0 Å². The molecule has 0 saturated heterocycles. The smallest absolute Gasteiger partial charge is 0.224 e. The largest absolute Gasteiger partial charge is 0.455 e. The van der Waals surface area contributed by atoms with Crippen molar-refractivity contribution in [3.63, 3.8) is 0 Å². The topological polar surface area (TPSA) is 82.5 Å². The maximum Gasteiger partial charge on any atom is 0.224 e. The van der Waals surface area contributed by atoms with Crippen LogP contribution in [0.5, 0.6) is 0 Å². The number of aromatic nitrogens is 6. The van der Waals surface area contributed by atoms with Gasteiger partial charge in [-0.05, 0) is 47.2 Å². The molecule has 0 saturated carbocycles. The summed E-state index contributed by atoms with van der Waals surface area (Å²) in [5, 5.41) is 17.8. The van der Waals surface area contributed by atoms with Crippen LogP contribution in [0.25, 0.3) is 50.3 Å². The van der Waals surface area contributed by atoms with Gasteiger partial charge in [0, 0.05) is 16.5 Å². The Labute approximate surface area is 164 Å². The van der Waals surface area contributed by atoms with E-state index in [1.165, 1.54) is 0 Å². The van der Waals surface area contributed by atoms with Crippen molar-refractivity contribution in [2.24, 2.45) is 0 Å². The van der Waals surface area contributed by atoms with E-state index in [2.05, 4.69) is 39.7 Å². The molecule has 0 unspecified atom stereocenters. The standard InChI is InChI=1S/C22H14N6O/c1-13-11-12-16(19-18(13)15-9-5-6-10-17(15)29-19)21-23-20-22(25-27-26-24-20)28(21)14-7-3-2-4-8-14/h2-12H,1H3. The molecule has 0 aliphatic rings. The summed E-state index contributed by atoms with van der Waals surface area (Å²) in [6.45, 7) is 2.09. The zero-order chi connectivity index (χ0) is 19.4. The summed E-state index contributed by atoms with van der Waals surface area (Å²) < 4.78 is 8.22. The zero-order valence-electron chi connectivity index (χ0n) is 15.4. The molecule has 7 nitrogen and oxygen atoms in total. The van der Waals surface area contributed by atoms with Gasteiger partial charge in [0.05, 0.1) is 5.56 Å². The molecule has 0 bridgehead atoms. The van der Waals surface area contributed by atoms with Gasteiger partial charge < -0.3 is 4.42 Å². The van der Waals surface area contributed by atoms with Crippen molar-refractivity contribution in [3.8, 4) is 17.1 Å². The van der Waals surface area contributed by atoms with Crippen molar-refractivity contribution >= 4 is 33.2 Å². The fourth-order valence-electron chi connectivity index (χ4n) is 3.85. The number of furan rings is 1. The Morgan fingerprint density at radius 2 is 1.62 bits per heavy atom. The van der Waals surface area contributed by atoms with E-state index in [1.54, 1.807) is 0 Å². The molecule has 0 aliphatic carbocycles.